The van der Waals surface area contributed by atoms with E-state index in [-0.39, 0.29) is 18.4 Å². The summed E-state index contributed by atoms with van der Waals surface area (Å²) in [6.07, 6.45) is 3.92. The lowest BCUT2D eigenvalue weighted by molar-refractivity contribution is -0.137. The number of hydrogen-bond donors (Lipinski definition) is 1. The van der Waals surface area contributed by atoms with E-state index in [9.17, 15) is 9.59 Å². The van der Waals surface area contributed by atoms with Crippen LogP contribution in [0.1, 0.15) is 23.1 Å². The van der Waals surface area contributed by atoms with Gasteiger partial charge in [0, 0.05) is 13.1 Å². The van der Waals surface area contributed by atoms with Gasteiger partial charge in [0.2, 0.25) is 11.8 Å². The summed E-state index contributed by atoms with van der Waals surface area (Å²) in [4.78, 5) is 25.1. The molecule has 1 aromatic carbocycles. The Balaban J connectivity index is 1.67. The van der Waals surface area contributed by atoms with Crippen LogP contribution in [0.2, 0.25) is 0 Å². The number of carbonyl (C=O) groups excluding carboxylic acids is 2. The van der Waals surface area contributed by atoms with E-state index in [1.165, 1.54) is 17.5 Å². The second-order valence-electron chi connectivity index (χ2n) is 5.30. The minimum Gasteiger partial charge on any atom is -0.353 e. The van der Waals surface area contributed by atoms with E-state index in [1.807, 2.05) is 6.07 Å². The molecule has 0 spiro atoms. The fourth-order valence-corrected chi connectivity index (χ4v) is 2.87. The Labute approximate surface area is 112 Å². The van der Waals surface area contributed by atoms with E-state index >= 15 is 0 Å². The summed E-state index contributed by atoms with van der Waals surface area (Å²) >= 11 is 0. The molecule has 1 saturated heterocycles. The van der Waals surface area contributed by atoms with Crippen molar-refractivity contribution < 1.29 is 9.59 Å². The van der Waals surface area contributed by atoms with Gasteiger partial charge < -0.3 is 10.2 Å². The first kappa shape index (κ1) is 12.2. The molecular weight excluding hydrogens is 240 g/mol. The van der Waals surface area contributed by atoms with Crippen LogP contribution in [0.15, 0.2) is 18.2 Å². The number of nitrogens with zero attached hydrogens (tertiary/aromatic N) is 1. The van der Waals surface area contributed by atoms with Crippen molar-refractivity contribution in [2.24, 2.45) is 0 Å². The summed E-state index contributed by atoms with van der Waals surface area (Å²) in [5.41, 5.74) is 3.88. The van der Waals surface area contributed by atoms with Crippen LogP contribution in [-0.2, 0) is 28.9 Å². The molecule has 1 fully saturated rings. The minimum absolute atomic E-state index is 0.0489. The maximum atomic E-state index is 12.2. The first-order valence-electron chi connectivity index (χ1n) is 6.87. The number of aryl methyl sites for hydroxylation is 2. The van der Waals surface area contributed by atoms with Crippen molar-refractivity contribution in [1.82, 2.24) is 10.2 Å². The highest BCUT2D eigenvalue weighted by Gasteiger charge is 2.21. The zero-order valence-corrected chi connectivity index (χ0v) is 10.9. The summed E-state index contributed by atoms with van der Waals surface area (Å²) < 4.78 is 0. The van der Waals surface area contributed by atoms with E-state index in [1.54, 1.807) is 4.90 Å². The number of piperazine rings is 1. The maximum Gasteiger partial charge on any atom is 0.239 e. The van der Waals surface area contributed by atoms with Gasteiger partial charge in [-0.15, -0.1) is 0 Å². The van der Waals surface area contributed by atoms with E-state index < -0.39 is 0 Å². The lowest BCUT2D eigenvalue weighted by Crippen LogP contribution is -2.50. The van der Waals surface area contributed by atoms with Gasteiger partial charge in [-0.2, -0.15) is 0 Å². The number of carbonyl (C=O) groups is 2. The quantitative estimate of drug-likeness (QED) is 0.848. The third kappa shape index (κ3) is 2.62. The molecule has 19 heavy (non-hydrogen) atoms. The molecule has 2 aliphatic rings. The van der Waals surface area contributed by atoms with Crippen LogP contribution in [0.5, 0.6) is 0 Å². The molecule has 0 bridgehead atoms. The van der Waals surface area contributed by atoms with E-state index in [4.69, 9.17) is 0 Å². The van der Waals surface area contributed by atoms with Crippen LogP contribution in [0, 0.1) is 0 Å². The summed E-state index contributed by atoms with van der Waals surface area (Å²) in [6, 6.07) is 6.35. The maximum absolute atomic E-state index is 12.2. The monoisotopic (exact) mass is 258 g/mol. The molecule has 0 aromatic heterocycles. The molecule has 3 rings (SSSR count). The fraction of sp³-hybridized carbons (Fsp3) is 0.467. The molecule has 0 radical (unpaired) electrons. The first-order chi connectivity index (χ1) is 9.22. The highest BCUT2D eigenvalue weighted by atomic mass is 16.2. The van der Waals surface area contributed by atoms with Crippen LogP contribution in [0.25, 0.3) is 0 Å². The number of rotatable bonds is 2. The predicted molar refractivity (Wildman–Crippen MR) is 71.8 cm³/mol. The van der Waals surface area contributed by atoms with Crippen molar-refractivity contribution in [3.05, 3.63) is 34.9 Å². The van der Waals surface area contributed by atoms with Crippen LogP contribution < -0.4 is 5.32 Å². The Morgan fingerprint density at radius 2 is 2.11 bits per heavy atom. The molecule has 1 aromatic rings. The summed E-state index contributed by atoms with van der Waals surface area (Å²) in [5.74, 6) is -0.0126. The zero-order valence-electron chi connectivity index (χ0n) is 10.9. The second-order valence-corrected chi connectivity index (χ2v) is 5.30. The van der Waals surface area contributed by atoms with Crippen LogP contribution >= 0.6 is 0 Å². The molecule has 1 aliphatic carbocycles. The molecule has 1 aliphatic heterocycles. The van der Waals surface area contributed by atoms with E-state index in [2.05, 4.69) is 17.4 Å². The lowest BCUT2D eigenvalue weighted by atomic mass is 10.0. The van der Waals surface area contributed by atoms with Gasteiger partial charge in [-0.05, 0) is 36.0 Å². The molecule has 4 nitrogen and oxygen atoms in total. The largest absolute Gasteiger partial charge is 0.353 e. The van der Waals surface area contributed by atoms with Crippen LogP contribution in [-0.4, -0.2) is 36.3 Å². The van der Waals surface area contributed by atoms with Crippen molar-refractivity contribution in [1.29, 1.82) is 0 Å². The molecule has 1 heterocycles. The summed E-state index contributed by atoms with van der Waals surface area (Å²) in [5, 5.41) is 2.73. The molecule has 4 heteroatoms. The number of fused-ring (bicyclic) bond motifs is 1. The number of hydrogen-bond acceptors (Lipinski definition) is 2. The summed E-state index contributed by atoms with van der Waals surface area (Å²) in [7, 11) is 0. The Hall–Kier alpha value is -1.84. The number of nitrogens with one attached hydrogen (secondary N) is 1. The molecule has 0 atom stereocenters. The van der Waals surface area contributed by atoms with Crippen molar-refractivity contribution in [3.63, 3.8) is 0 Å². The van der Waals surface area contributed by atoms with Crippen molar-refractivity contribution in [3.8, 4) is 0 Å². The first-order valence-corrected chi connectivity index (χ1v) is 6.87. The average molecular weight is 258 g/mol. The fourth-order valence-electron chi connectivity index (χ4n) is 2.87. The topological polar surface area (TPSA) is 49.4 Å². The van der Waals surface area contributed by atoms with Crippen LogP contribution in [0.4, 0.5) is 0 Å². The molecule has 0 unspecified atom stereocenters. The smallest absolute Gasteiger partial charge is 0.239 e. The SMILES string of the molecule is O=C1CN(C(=O)Cc2ccc3c(c2)CCC3)CCN1. The van der Waals surface area contributed by atoms with Crippen molar-refractivity contribution in [2.75, 3.05) is 19.6 Å². The zero-order chi connectivity index (χ0) is 13.2. The molecule has 2 amide bonds. The van der Waals surface area contributed by atoms with Gasteiger partial charge >= 0.3 is 0 Å². The molecule has 1 N–H and O–H groups in total. The standard InChI is InChI=1S/C15H18N2O2/c18-14-10-17(7-6-16-14)15(19)9-11-4-5-12-2-1-3-13(12)8-11/h4-5,8H,1-3,6-7,9-10H2,(H,16,18). The highest BCUT2D eigenvalue weighted by molar-refractivity contribution is 5.86. The van der Waals surface area contributed by atoms with Gasteiger partial charge in [0.05, 0.1) is 13.0 Å². The van der Waals surface area contributed by atoms with Gasteiger partial charge in [0.15, 0.2) is 0 Å². The molecule has 100 valence electrons. The van der Waals surface area contributed by atoms with Gasteiger partial charge in [-0.1, -0.05) is 18.2 Å². The Morgan fingerprint density at radius 1 is 1.26 bits per heavy atom. The van der Waals surface area contributed by atoms with Gasteiger partial charge in [0.1, 0.15) is 0 Å². The average Bonchev–Trinajstić information content (AvgIpc) is 2.86. The number of benzene rings is 1. The predicted octanol–water partition coefficient (Wildman–Crippen LogP) is 0.676. The highest BCUT2D eigenvalue weighted by Crippen LogP contribution is 2.23. The third-order valence-corrected chi connectivity index (χ3v) is 3.91. The van der Waals surface area contributed by atoms with E-state index in [0.29, 0.717) is 19.5 Å². The Bertz CT molecular complexity index is 525. The normalized spacial score (nSPS) is 18.1. The van der Waals surface area contributed by atoms with Crippen molar-refractivity contribution in [2.45, 2.75) is 25.7 Å². The molecular formula is C15H18N2O2. The number of amides is 2. The lowest BCUT2D eigenvalue weighted by Gasteiger charge is -2.26. The minimum atomic E-state index is -0.0615. The van der Waals surface area contributed by atoms with Crippen LogP contribution in [0.3, 0.4) is 0 Å². The Kier molecular flexibility index (Phi) is 3.23. The van der Waals surface area contributed by atoms with E-state index in [0.717, 1.165) is 18.4 Å². The third-order valence-electron chi connectivity index (χ3n) is 3.91. The molecule has 0 saturated carbocycles. The van der Waals surface area contributed by atoms with Gasteiger partial charge in [0.25, 0.3) is 0 Å². The van der Waals surface area contributed by atoms with Gasteiger partial charge in [-0.25, -0.2) is 0 Å². The van der Waals surface area contributed by atoms with Gasteiger partial charge in [-0.3, -0.25) is 9.59 Å². The second kappa shape index (κ2) is 5.03. The summed E-state index contributed by atoms with van der Waals surface area (Å²) in [6.45, 7) is 1.38. The Morgan fingerprint density at radius 3 is 2.95 bits per heavy atom. The van der Waals surface area contributed by atoms with Crippen molar-refractivity contribution >= 4 is 11.8 Å².